The highest BCUT2D eigenvalue weighted by Crippen LogP contribution is 2.28. The summed E-state index contributed by atoms with van der Waals surface area (Å²) in [6.07, 6.45) is 2.62. The van der Waals surface area contributed by atoms with Crippen LogP contribution in [-0.2, 0) is 0 Å². The Balaban J connectivity index is 1.71. The van der Waals surface area contributed by atoms with E-state index in [-0.39, 0.29) is 5.92 Å². The van der Waals surface area contributed by atoms with E-state index in [4.69, 9.17) is 0 Å². The van der Waals surface area contributed by atoms with Crippen LogP contribution in [0.3, 0.4) is 0 Å². The van der Waals surface area contributed by atoms with Gasteiger partial charge >= 0.3 is 0 Å². The quantitative estimate of drug-likeness (QED) is 0.897. The molecule has 3 unspecified atom stereocenters. The number of rotatable bonds is 3. The van der Waals surface area contributed by atoms with Crippen molar-refractivity contribution in [3.05, 3.63) is 35.9 Å². The Labute approximate surface area is 115 Å². The maximum atomic E-state index is 9.46. The molecule has 0 amide bonds. The first-order chi connectivity index (χ1) is 9.38. The Morgan fingerprint density at radius 3 is 2.95 bits per heavy atom. The van der Waals surface area contributed by atoms with Gasteiger partial charge in [-0.2, -0.15) is 5.26 Å². The standard InChI is InChI=1S/C16H21N3/c17-9-15(13-5-2-1-3-6-13)12-19-8-4-7-14-10-18-11-16(14)19/h1-3,5-6,14-16,18H,4,7-8,10-12H2. The van der Waals surface area contributed by atoms with Gasteiger partial charge < -0.3 is 5.32 Å². The molecule has 1 aromatic rings. The molecule has 2 aliphatic rings. The number of piperidine rings is 1. The molecule has 19 heavy (non-hydrogen) atoms. The Morgan fingerprint density at radius 1 is 1.32 bits per heavy atom. The Morgan fingerprint density at radius 2 is 2.16 bits per heavy atom. The first-order valence-corrected chi connectivity index (χ1v) is 7.28. The van der Waals surface area contributed by atoms with Crippen LogP contribution in [0.5, 0.6) is 0 Å². The van der Waals surface area contributed by atoms with Crippen molar-refractivity contribution in [1.29, 1.82) is 5.26 Å². The Bertz CT molecular complexity index is 451. The zero-order valence-corrected chi connectivity index (χ0v) is 11.3. The van der Waals surface area contributed by atoms with Gasteiger partial charge in [-0.15, -0.1) is 0 Å². The molecule has 3 heteroatoms. The molecule has 2 aliphatic heterocycles. The summed E-state index contributed by atoms with van der Waals surface area (Å²) in [5.74, 6) is 0.796. The van der Waals surface area contributed by atoms with Crippen molar-refractivity contribution in [2.45, 2.75) is 24.8 Å². The second-order valence-electron chi connectivity index (χ2n) is 5.72. The molecule has 3 atom stereocenters. The van der Waals surface area contributed by atoms with Gasteiger partial charge in [0.25, 0.3) is 0 Å². The topological polar surface area (TPSA) is 39.1 Å². The van der Waals surface area contributed by atoms with E-state index in [0.29, 0.717) is 6.04 Å². The van der Waals surface area contributed by atoms with Crippen LogP contribution >= 0.6 is 0 Å². The normalized spacial score (nSPS) is 28.6. The smallest absolute Gasteiger partial charge is 0.0839 e. The van der Waals surface area contributed by atoms with Crippen molar-refractivity contribution in [2.75, 3.05) is 26.2 Å². The number of benzene rings is 1. The van der Waals surface area contributed by atoms with Crippen LogP contribution < -0.4 is 5.32 Å². The monoisotopic (exact) mass is 255 g/mol. The van der Waals surface area contributed by atoms with Crippen LogP contribution in [0, 0.1) is 17.2 Å². The van der Waals surface area contributed by atoms with Crippen molar-refractivity contribution in [3.63, 3.8) is 0 Å². The second kappa shape index (κ2) is 5.73. The highest BCUT2D eigenvalue weighted by atomic mass is 15.2. The summed E-state index contributed by atoms with van der Waals surface area (Å²) >= 11 is 0. The van der Waals surface area contributed by atoms with Gasteiger partial charge in [0, 0.05) is 19.1 Å². The SMILES string of the molecule is N#CC(CN1CCCC2CNCC21)c1ccccc1. The van der Waals surface area contributed by atoms with Gasteiger partial charge in [-0.1, -0.05) is 30.3 Å². The Kier molecular flexibility index (Phi) is 3.82. The van der Waals surface area contributed by atoms with Gasteiger partial charge in [-0.25, -0.2) is 0 Å². The van der Waals surface area contributed by atoms with E-state index in [0.717, 1.165) is 37.7 Å². The molecule has 0 aromatic heterocycles. The molecule has 0 spiro atoms. The largest absolute Gasteiger partial charge is 0.315 e. The van der Waals surface area contributed by atoms with Crippen molar-refractivity contribution in [3.8, 4) is 6.07 Å². The van der Waals surface area contributed by atoms with Crippen LogP contribution in [0.2, 0.25) is 0 Å². The molecule has 1 N–H and O–H groups in total. The minimum atomic E-state index is 0.000509. The fraction of sp³-hybridized carbons (Fsp3) is 0.562. The van der Waals surface area contributed by atoms with Crippen molar-refractivity contribution < 1.29 is 0 Å². The minimum Gasteiger partial charge on any atom is -0.315 e. The van der Waals surface area contributed by atoms with Crippen LogP contribution in [0.25, 0.3) is 0 Å². The lowest BCUT2D eigenvalue weighted by atomic mass is 9.90. The fourth-order valence-corrected chi connectivity index (χ4v) is 3.53. The zero-order chi connectivity index (χ0) is 13.1. The molecule has 3 rings (SSSR count). The highest BCUT2D eigenvalue weighted by Gasteiger charge is 2.35. The molecule has 1 aromatic carbocycles. The third-order valence-corrected chi connectivity index (χ3v) is 4.57. The van der Waals surface area contributed by atoms with Crippen LogP contribution in [-0.4, -0.2) is 37.1 Å². The second-order valence-corrected chi connectivity index (χ2v) is 5.72. The summed E-state index contributed by atoms with van der Waals surface area (Å²) in [4.78, 5) is 2.54. The zero-order valence-electron chi connectivity index (χ0n) is 11.3. The molecule has 0 bridgehead atoms. The summed E-state index contributed by atoms with van der Waals surface area (Å²) < 4.78 is 0. The third kappa shape index (κ3) is 2.65. The van der Waals surface area contributed by atoms with Gasteiger partial charge in [0.1, 0.15) is 0 Å². The number of hydrogen-bond donors (Lipinski definition) is 1. The van der Waals surface area contributed by atoms with E-state index < -0.39 is 0 Å². The van der Waals surface area contributed by atoms with Crippen LogP contribution in [0.1, 0.15) is 24.3 Å². The van der Waals surface area contributed by atoms with Gasteiger partial charge in [0.05, 0.1) is 12.0 Å². The molecule has 0 saturated carbocycles. The molecule has 2 heterocycles. The number of nitriles is 1. The molecule has 100 valence electrons. The lowest BCUT2D eigenvalue weighted by Gasteiger charge is -2.38. The lowest BCUT2D eigenvalue weighted by molar-refractivity contribution is 0.123. The number of likely N-dealkylation sites (tertiary alicyclic amines) is 1. The molecule has 2 fully saturated rings. The maximum absolute atomic E-state index is 9.46. The summed E-state index contributed by atoms with van der Waals surface area (Å²) in [5, 5.41) is 13.0. The van der Waals surface area contributed by atoms with E-state index >= 15 is 0 Å². The summed E-state index contributed by atoms with van der Waals surface area (Å²) in [7, 11) is 0. The van der Waals surface area contributed by atoms with E-state index in [9.17, 15) is 5.26 Å². The maximum Gasteiger partial charge on any atom is 0.0839 e. The highest BCUT2D eigenvalue weighted by molar-refractivity contribution is 5.25. The molecular weight excluding hydrogens is 234 g/mol. The van der Waals surface area contributed by atoms with Crippen LogP contribution in [0.4, 0.5) is 0 Å². The van der Waals surface area contributed by atoms with E-state index in [2.05, 4.69) is 28.4 Å². The lowest BCUT2D eigenvalue weighted by Crippen LogP contribution is -2.46. The molecule has 3 nitrogen and oxygen atoms in total. The van der Waals surface area contributed by atoms with Gasteiger partial charge in [-0.05, 0) is 37.4 Å². The first-order valence-electron chi connectivity index (χ1n) is 7.28. The predicted molar refractivity (Wildman–Crippen MR) is 75.8 cm³/mol. The van der Waals surface area contributed by atoms with E-state index in [1.165, 1.54) is 12.8 Å². The number of fused-ring (bicyclic) bond motifs is 1. The average Bonchev–Trinajstić information content (AvgIpc) is 2.95. The molecule has 2 saturated heterocycles. The van der Waals surface area contributed by atoms with Crippen molar-refractivity contribution in [1.82, 2.24) is 10.2 Å². The van der Waals surface area contributed by atoms with Gasteiger partial charge in [-0.3, -0.25) is 4.90 Å². The first kappa shape index (κ1) is 12.7. The third-order valence-electron chi connectivity index (χ3n) is 4.57. The number of hydrogen-bond acceptors (Lipinski definition) is 3. The van der Waals surface area contributed by atoms with Crippen molar-refractivity contribution in [2.24, 2.45) is 5.92 Å². The van der Waals surface area contributed by atoms with Crippen LogP contribution in [0.15, 0.2) is 30.3 Å². The summed E-state index contributed by atoms with van der Waals surface area (Å²) in [6.45, 7) is 4.28. The predicted octanol–water partition coefficient (Wildman–Crippen LogP) is 1.98. The number of nitrogens with zero attached hydrogens (tertiary/aromatic N) is 2. The summed E-state index contributed by atoms with van der Waals surface area (Å²) in [5.41, 5.74) is 1.15. The summed E-state index contributed by atoms with van der Waals surface area (Å²) in [6, 6.07) is 13.3. The Hall–Kier alpha value is -1.37. The van der Waals surface area contributed by atoms with E-state index in [1.807, 2.05) is 18.2 Å². The van der Waals surface area contributed by atoms with Gasteiger partial charge in [0.2, 0.25) is 0 Å². The molecular formula is C16H21N3. The fourth-order valence-electron chi connectivity index (χ4n) is 3.53. The number of nitrogens with one attached hydrogen (secondary N) is 1. The van der Waals surface area contributed by atoms with Gasteiger partial charge in [0.15, 0.2) is 0 Å². The minimum absolute atomic E-state index is 0.000509. The van der Waals surface area contributed by atoms with E-state index in [1.54, 1.807) is 0 Å². The molecule has 0 aliphatic carbocycles. The van der Waals surface area contributed by atoms with Crippen molar-refractivity contribution >= 4 is 0 Å². The molecule has 0 radical (unpaired) electrons. The average molecular weight is 255 g/mol.